The molecule has 2 heteroatoms. The molecule has 0 radical (unpaired) electrons. The number of hydrogen-bond acceptors (Lipinski definition) is 2. The number of nitrogens with two attached hydrogens (primary N) is 1. The molecule has 0 atom stereocenters. The lowest BCUT2D eigenvalue weighted by molar-refractivity contribution is 0.141. The van der Waals surface area contributed by atoms with E-state index in [1.807, 2.05) is 0 Å². The quantitative estimate of drug-likeness (QED) is 0.748. The fourth-order valence-electron chi connectivity index (χ4n) is 1.64. The monoisotopic (exact) mass is 193 g/mol. The van der Waals surface area contributed by atoms with Crippen LogP contribution in [-0.4, -0.2) is 6.61 Å². The molecule has 0 heterocycles. The van der Waals surface area contributed by atoms with Crippen molar-refractivity contribution in [2.45, 2.75) is 32.6 Å². The zero-order chi connectivity index (χ0) is 10.6. The molecule has 0 bridgehead atoms. The maximum atomic E-state index is 5.04. The van der Waals surface area contributed by atoms with Gasteiger partial charge in [-0.15, -0.1) is 0 Å². The lowest BCUT2D eigenvalue weighted by Gasteiger charge is -2.22. The van der Waals surface area contributed by atoms with Gasteiger partial charge in [0, 0.05) is 0 Å². The lowest BCUT2D eigenvalue weighted by atomic mass is 9.83. The van der Waals surface area contributed by atoms with Crippen LogP contribution in [0, 0.1) is 0 Å². The summed E-state index contributed by atoms with van der Waals surface area (Å²) in [6.45, 7) is 7.23. The van der Waals surface area contributed by atoms with Crippen molar-refractivity contribution in [2.24, 2.45) is 5.90 Å². The molecule has 1 rings (SSSR count). The third-order valence-corrected chi connectivity index (χ3v) is 2.31. The molecule has 1 aromatic rings. The number of hydrogen-bond donors (Lipinski definition) is 1. The first kappa shape index (κ1) is 11.2. The summed E-state index contributed by atoms with van der Waals surface area (Å²) in [5.41, 5.74) is 2.88. The van der Waals surface area contributed by atoms with E-state index < -0.39 is 0 Å². The molecule has 0 fully saturated rings. The summed E-state index contributed by atoms with van der Waals surface area (Å²) in [4.78, 5) is 4.61. The normalized spacial score (nSPS) is 11.7. The van der Waals surface area contributed by atoms with E-state index in [0.29, 0.717) is 6.61 Å². The molecule has 1 aromatic carbocycles. The van der Waals surface area contributed by atoms with Crippen LogP contribution in [0.1, 0.15) is 31.9 Å². The minimum atomic E-state index is 0.186. The van der Waals surface area contributed by atoms with E-state index in [1.165, 1.54) is 11.1 Å². The van der Waals surface area contributed by atoms with E-state index in [9.17, 15) is 0 Å². The molecule has 0 saturated carbocycles. The number of benzene rings is 1. The van der Waals surface area contributed by atoms with Crippen molar-refractivity contribution in [1.29, 1.82) is 0 Å². The van der Waals surface area contributed by atoms with Crippen molar-refractivity contribution in [3.05, 3.63) is 35.4 Å². The van der Waals surface area contributed by atoms with Gasteiger partial charge >= 0.3 is 0 Å². The second-order valence-electron chi connectivity index (χ2n) is 4.53. The highest BCUT2D eigenvalue weighted by atomic mass is 16.6. The minimum Gasteiger partial charge on any atom is -0.304 e. The molecule has 0 aliphatic carbocycles. The van der Waals surface area contributed by atoms with Crippen molar-refractivity contribution >= 4 is 0 Å². The standard InChI is InChI=1S/C12H19NO/c1-12(2,3)11-7-5-4-6-10(11)8-9-14-13/h4-7H,8-9,13H2,1-3H3. The Morgan fingerprint density at radius 2 is 1.86 bits per heavy atom. The van der Waals surface area contributed by atoms with Gasteiger partial charge in [0.1, 0.15) is 0 Å². The Morgan fingerprint density at radius 3 is 2.43 bits per heavy atom. The average Bonchev–Trinajstić information content (AvgIpc) is 2.14. The first-order valence-corrected chi connectivity index (χ1v) is 4.96. The smallest absolute Gasteiger partial charge is 0.0719 e. The predicted octanol–water partition coefficient (Wildman–Crippen LogP) is 2.42. The summed E-state index contributed by atoms with van der Waals surface area (Å²) in [5, 5.41) is 0. The van der Waals surface area contributed by atoms with Gasteiger partial charge in [-0.25, -0.2) is 5.90 Å². The molecule has 0 amide bonds. The van der Waals surface area contributed by atoms with Crippen LogP contribution >= 0.6 is 0 Å². The molecule has 2 N–H and O–H groups in total. The summed E-state index contributed by atoms with van der Waals surface area (Å²) >= 11 is 0. The van der Waals surface area contributed by atoms with Crippen molar-refractivity contribution in [1.82, 2.24) is 0 Å². The molecule has 0 unspecified atom stereocenters. The van der Waals surface area contributed by atoms with Crippen LogP contribution in [0.15, 0.2) is 24.3 Å². The summed E-state index contributed by atoms with van der Waals surface area (Å²) < 4.78 is 0. The van der Waals surface area contributed by atoms with Gasteiger partial charge in [0.05, 0.1) is 6.61 Å². The van der Waals surface area contributed by atoms with Crippen LogP contribution in [0.25, 0.3) is 0 Å². The van der Waals surface area contributed by atoms with Gasteiger partial charge < -0.3 is 4.84 Å². The molecule has 0 spiro atoms. The third-order valence-electron chi connectivity index (χ3n) is 2.31. The van der Waals surface area contributed by atoms with Gasteiger partial charge in [0.15, 0.2) is 0 Å². The van der Waals surface area contributed by atoms with Crippen LogP contribution in [0.4, 0.5) is 0 Å². The van der Waals surface area contributed by atoms with E-state index in [1.54, 1.807) is 0 Å². The Bertz CT molecular complexity index is 289. The fourth-order valence-corrected chi connectivity index (χ4v) is 1.64. The van der Waals surface area contributed by atoms with Gasteiger partial charge in [0.25, 0.3) is 0 Å². The summed E-state index contributed by atoms with van der Waals surface area (Å²) in [6, 6.07) is 8.44. The van der Waals surface area contributed by atoms with E-state index in [2.05, 4.69) is 49.9 Å². The highest BCUT2D eigenvalue weighted by Gasteiger charge is 2.16. The van der Waals surface area contributed by atoms with Crippen LogP contribution in [0.2, 0.25) is 0 Å². The van der Waals surface area contributed by atoms with E-state index in [-0.39, 0.29) is 5.41 Å². The zero-order valence-electron chi connectivity index (χ0n) is 9.21. The molecule has 2 nitrogen and oxygen atoms in total. The van der Waals surface area contributed by atoms with Crippen LogP contribution in [0.3, 0.4) is 0 Å². The minimum absolute atomic E-state index is 0.186. The molecular weight excluding hydrogens is 174 g/mol. The highest BCUT2D eigenvalue weighted by molar-refractivity contribution is 5.32. The maximum Gasteiger partial charge on any atom is 0.0719 e. The summed E-state index contributed by atoms with van der Waals surface area (Å²) in [5.74, 6) is 5.04. The second-order valence-corrected chi connectivity index (χ2v) is 4.53. The predicted molar refractivity (Wildman–Crippen MR) is 59.0 cm³/mol. The largest absolute Gasteiger partial charge is 0.304 e. The zero-order valence-corrected chi connectivity index (χ0v) is 9.21. The molecular formula is C12H19NO. The van der Waals surface area contributed by atoms with Gasteiger partial charge in [-0.2, -0.15) is 0 Å². The van der Waals surface area contributed by atoms with Gasteiger partial charge in [0.2, 0.25) is 0 Å². The Morgan fingerprint density at radius 1 is 1.21 bits per heavy atom. The van der Waals surface area contributed by atoms with E-state index >= 15 is 0 Å². The lowest BCUT2D eigenvalue weighted by Crippen LogP contribution is -2.15. The maximum absolute atomic E-state index is 5.04. The van der Waals surface area contributed by atoms with Gasteiger partial charge in [-0.3, -0.25) is 0 Å². The average molecular weight is 193 g/mol. The molecule has 0 aliphatic rings. The van der Waals surface area contributed by atoms with E-state index in [0.717, 1.165) is 6.42 Å². The Hall–Kier alpha value is -0.860. The Kier molecular flexibility index (Phi) is 3.67. The molecule has 0 aromatic heterocycles. The SMILES string of the molecule is CC(C)(C)c1ccccc1CCON. The van der Waals surface area contributed by atoms with Crippen LogP contribution in [-0.2, 0) is 16.7 Å². The van der Waals surface area contributed by atoms with Crippen LogP contribution < -0.4 is 5.90 Å². The van der Waals surface area contributed by atoms with Crippen molar-refractivity contribution in [3.63, 3.8) is 0 Å². The first-order valence-electron chi connectivity index (χ1n) is 4.96. The van der Waals surface area contributed by atoms with Crippen molar-refractivity contribution in [3.8, 4) is 0 Å². The second kappa shape index (κ2) is 4.58. The van der Waals surface area contributed by atoms with Gasteiger partial charge in [-0.05, 0) is 23.0 Å². The first-order chi connectivity index (χ1) is 6.55. The fraction of sp³-hybridized carbons (Fsp3) is 0.500. The Balaban J connectivity index is 2.92. The van der Waals surface area contributed by atoms with Crippen molar-refractivity contribution < 1.29 is 4.84 Å². The molecule has 14 heavy (non-hydrogen) atoms. The third kappa shape index (κ3) is 2.82. The Labute approximate surface area is 86.0 Å². The molecule has 0 saturated heterocycles. The summed E-state index contributed by atoms with van der Waals surface area (Å²) in [6.07, 6.45) is 0.879. The molecule has 78 valence electrons. The van der Waals surface area contributed by atoms with Crippen molar-refractivity contribution in [2.75, 3.05) is 6.61 Å². The summed E-state index contributed by atoms with van der Waals surface area (Å²) in [7, 11) is 0. The van der Waals surface area contributed by atoms with E-state index in [4.69, 9.17) is 5.90 Å². The van der Waals surface area contributed by atoms with Crippen LogP contribution in [0.5, 0.6) is 0 Å². The topological polar surface area (TPSA) is 35.2 Å². The highest BCUT2D eigenvalue weighted by Crippen LogP contribution is 2.25. The number of rotatable bonds is 3. The molecule has 0 aliphatic heterocycles. The van der Waals surface area contributed by atoms with Gasteiger partial charge in [-0.1, -0.05) is 45.0 Å².